The molecule has 0 atom stereocenters. The number of carbonyl (C=O) groups excluding carboxylic acids is 2. The summed E-state index contributed by atoms with van der Waals surface area (Å²) < 4.78 is 15.5. The second-order valence-corrected chi connectivity index (χ2v) is 7.01. The van der Waals surface area contributed by atoms with E-state index in [2.05, 4.69) is 36.8 Å². The van der Waals surface area contributed by atoms with Crippen molar-refractivity contribution in [1.82, 2.24) is 0 Å². The van der Waals surface area contributed by atoms with Crippen molar-refractivity contribution in [2.75, 3.05) is 13.4 Å². The van der Waals surface area contributed by atoms with Gasteiger partial charge in [-0.05, 0) is 78.9 Å². The molecule has 5 heteroatoms. The minimum absolute atomic E-state index is 0.0293. The van der Waals surface area contributed by atoms with E-state index >= 15 is 0 Å². The van der Waals surface area contributed by atoms with Gasteiger partial charge in [-0.3, -0.25) is 4.79 Å². The third-order valence-corrected chi connectivity index (χ3v) is 4.50. The Labute approximate surface area is 204 Å². The largest absolute Gasteiger partial charge is 0.485 e. The lowest BCUT2D eigenvalue weighted by atomic mass is 10.1. The molecule has 3 aromatic carbocycles. The second kappa shape index (κ2) is 12.9. The van der Waals surface area contributed by atoms with E-state index in [1.54, 1.807) is 24.3 Å². The fourth-order valence-corrected chi connectivity index (χ4v) is 2.62. The van der Waals surface area contributed by atoms with E-state index in [1.165, 1.54) is 6.08 Å². The summed E-state index contributed by atoms with van der Waals surface area (Å²) in [5.74, 6) is 12.9. The van der Waals surface area contributed by atoms with Crippen LogP contribution in [0.2, 0.25) is 0 Å². The molecule has 0 saturated heterocycles. The van der Waals surface area contributed by atoms with Gasteiger partial charge in [0.25, 0.3) is 0 Å². The van der Waals surface area contributed by atoms with Crippen molar-refractivity contribution in [2.45, 2.75) is 0 Å². The van der Waals surface area contributed by atoms with Gasteiger partial charge in [0.15, 0.2) is 12.4 Å². The molecule has 0 aromatic heterocycles. The lowest BCUT2D eigenvalue weighted by molar-refractivity contribution is -0.144. The number of hydrogen-bond donors (Lipinski definition) is 0. The first-order chi connectivity index (χ1) is 17.1. The molecule has 0 aliphatic carbocycles. The molecule has 0 aliphatic heterocycles. The van der Waals surface area contributed by atoms with E-state index in [9.17, 15) is 9.59 Å². The zero-order valence-electron chi connectivity index (χ0n) is 19.0. The van der Waals surface area contributed by atoms with Crippen LogP contribution in [0.5, 0.6) is 11.5 Å². The van der Waals surface area contributed by atoms with Crippen LogP contribution in [0, 0.1) is 23.7 Å². The molecule has 0 spiro atoms. The Balaban J connectivity index is 1.53. The Morgan fingerprint density at radius 3 is 1.43 bits per heavy atom. The van der Waals surface area contributed by atoms with Gasteiger partial charge in [0, 0.05) is 28.3 Å². The monoisotopic (exact) mass is 462 g/mol. The lowest BCUT2D eigenvalue weighted by Gasteiger charge is -2.05. The highest BCUT2D eigenvalue weighted by Gasteiger charge is 1.99. The second-order valence-electron chi connectivity index (χ2n) is 7.01. The molecule has 0 unspecified atom stereocenters. The van der Waals surface area contributed by atoms with E-state index in [4.69, 9.17) is 14.2 Å². The lowest BCUT2D eigenvalue weighted by Crippen LogP contribution is -2.07. The zero-order valence-corrected chi connectivity index (χ0v) is 19.0. The summed E-state index contributed by atoms with van der Waals surface area (Å²) in [6, 6.07) is 22.0. The summed E-state index contributed by atoms with van der Waals surface area (Å²) in [6.45, 7) is 6.52. The first-order valence-corrected chi connectivity index (χ1v) is 10.6. The topological polar surface area (TPSA) is 61.8 Å². The van der Waals surface area contributed by atoms with E-state index in [0.29, 0.717) is 11.5 Å². The summed E-state index contributed by atoms with van der Waals surface area (Å²) in [6.07, 6.45) is 2.31. The Bertz CT molecular complexity index is 1310. The molecule has 0 fully saturated rings. The fourth-order valence-electron chi connectivity index (χ4n) is 2.62. The minimum atomic E-state index is -0.539. The van der Waals surface area contributed by atoms with Gasteiger partial charge in [-0.2, -0.15) is 0 Å². The third kappa shape index (κ3) is 8.46. The van der Waals surface area contributed by atoms with E-state index in [0.717, 1.165) is 28.3 Å². The molecule has 5 nitrogen and oxygen atoms in total. The molecule has 0 N–H and O–H groups in total. The van der Waals surface area contributed by atoms with Crippen molar-refractivity contribution in [3.63, 3.8) is 0 Å². The fraction of sp³-hybridized carbons (Fsp3) is 0.0667. The van der Waals surface area contributed by atoms with Crippen LogP contribution in [-0.4, -0.2) is 25.2 Å². The van der Waals surface area contributed by atoms with Crippen LogP contribution in [0.1, 0.15) is 22.3 Å². The van der Waals surface area contributed by atoms with Crippen LogP contribution in [-0.2, 0) is 14.3 Å². The summed E-state index contributed by atoms with van der Waals surface area (Å²) >= 11 is 0. The molecular weight excluding hydrogens is 440 g/mol. The maximum absolute atomic E-state index is 11.2. The van der Waals surface area contributed by atoms with E-state index < -0.39 is 5.97 Å². The van der Waals surface area contributed by atoms with Crippen molar-refractivity contribution in [3.8, 4) is 35.2 Å². The molecule has 0 heterocycles. The predicted molar refractivity (Wildman–Crippen MR) is 134 cm³/mol. The number of benzene rings is 3. The average molecular weight is 463 g/mol. The number of esters is 1. The summed E-state index contributed by atoms with van der Waals surface area (Å²) in [4.78, 5) is 22.2. The summed E-state index contributed by atoms with van der Waals surface area (Å²) in [7, 11) is 0. The number of rotatable bonds is 8. The number of ketones is 1. The highest BCUT2D eigenvalue weighted by Crippen LogP contribution is 2.13. The molecule has 3 aromatic rings. The van der Waals surface area contributed by atoms with Gasteiger partial charge >= 0.3 is 5.97 Å². The highest BCUT2D eigenvalue weighted by molar-refractivity contribution is 5.90. The molecule has 3 rings (SSSR count). The zero-order chi connectivity index (χ0) is 24.9. The van der Waals surface area contributed by atoms with Gasteiger partial charge in [0.1, 0.15) is 11.5 Å². The molecule has 35 heavy (non-hydrogen) atoms. The van der Waals surface area contributed by atoms with Gasteiger partial charge < -0.3 is 14.2 Å². The average Bonchev–Trinajstić information content (AvgIpc) is 2.91. The van der Waals surface area contributed by atoms with Crippen molar-refractivity contribution < 1.29 is 23.8 Å². The third-order valence-electron chi connectivity index (χ3n) is 4.50. The molecule has 0 saturated carbocycles. The number of hydrogen-bond acceptors (Lipinski definition) is 5. The maximum atomic E-state index is 11.2. The van der Waals surface area contributed by atoms with Crippen molar-refractivity contribution >= 4 is 11.8 Å². The molecule has 0 amide bonds. The molecule has 172 valence electrons. The Kier molecular flexibility index (Phi) is 9.07. The van der Waals surface area contributed by atoms with Gasteiger partial charge in [-0.15, -0.1) is 0 Å². The van der Waals surface area contributed by atoms with Crippen LogP contribution in [0.15, 0.2) is 98.1 Å². The summed E-state index contributed by atoms with van der Waals surface area (Å²) in [5, 5.41) is 0. The van der Waals surface area contributed by atoms with E-state index in [-0.39, 0.29) is 19.2 Å². The molecule has 0 radical (unpaired) electrons. The van der Waals surface area contributed by atoms with Crippen molar-refractivity contribution in [1.29, 1.82) is 0 Å². The Morgan fingerprint density at radius 2 is 1.03 bits per heavy atom. The Morgan fingerprint density at radius 1 is 0.629 bits per heavy atom. The minimum Gasteiger partial charge on any atom is -0.485 e. The normalized spacial score (nSPS) is 9.37. The van der Waals surface area contributed by atoms with Crippen LogP contribution in [0.3, 0.4) is 0 Å². The van der Waals surface area contributed by atoms with Gasteiger partial charge in [0.2, 0.25) is 6.79 Å². The van der Waals surface area contributed by atoms with Crippen molar-refractivity contribution in [2.24, 2.45) is 0 Å². The smallest absolute Gasteiger partial charge is 0.333 e. The highest BCUT2D eigenvalue weighted by atomic mass is 16.7. The standard InChI is InChI=1S/C30H22O5/c1-3-27(31)21-33-28-17-13-25(14-18-28)11-9-23-5-7-24(8-6-23)10-12-26-15-19-29(20-16-26)34-22-35-30(32)4-2/h3-8,13-20H,1-2,21-22H2. The first-order valence-electron chi connectivity index (χ1n) is 10.6. The Hall–Kier alpha value is -5.00. The van der Waals surface area contributed by atoms with Gasteiger partial charge in [-0.25, -0.2) is 4.79 Å². The summed E-state index contributed by atoms with van der Waals surface area (Å²) in [5.41, 5.74) is 3.39. The van der Waals surface area contributed by atoms with Crippen LogP contribution < -0.4 is 9.47 Å². The first kappa shape index (κ1) is 24.6. The number of carbonyl (C=O) groups is 2. The van der Waals surface area contributed by atoms with Crippen molar-refractivity contribution in [3.05, 3.63) is 120 Å². The van der Waals surface area contributed by atoms with E-state index in [1.807, 2.05) is 48.5 Å². The molecule has 0 bridgehead atoms. The SMILES string of the molecule is C=CC(=O)COc1ccc(C#Cc2ccc(C#Cc3ccc(OCOC(=O)C=C)cc3)cc2)cc1. The molecule has 0 aliphatic rings. The maximum Gasteiger partial charge on any atom is 0.333 e. The van der Waals surface area contributed by atoms with Gasteiger partial charge in [-0.1, -0.05) is 36.8 Å². The molecular formula is C30H22O5. The predicted octanol–water partition coefficient (Wildman–Crippen LogP) is 4.69. The van der Waals surface area contributed by atoms with Crippen LogP contribution in [0.4, 0.5) is 0 Å². The van der Waals surface area contributed by atoms with Crippen LogP contribution >= 0.6 is 0 Å². The van der Waals surface area contributed by atoms with Gasteiger partial charge in [0.05, 0.1) is 0 Å². The van der Waals surface area contributed by atoms with Crippen LogP contribution in [0.25, 0.3) is 0 Å². The number of ether oxygens (including phenoxy) is 3. The quantitative estimate of drug-likeness (QED) is 0.210.